The lowest BCUT2D eigenvalue weighted by Crippen LogP contribution is -2.41. The molecule has 0 spiro atoms. The third-order valence-electron chi connectivity index (χ3n) is 1.93. The Kier molecular flexibility index (Phi) is 3.44. The Hall–Kier alpha value is -1.27. The third-order valence-corrected chi connectivity index (χ3v) is 2.16. The van der Waals surface area contributed by atoms with Crippen LogP contribution in [0, 0.1) is 5.82 Å². The fraction of sp³-hybridized carbons (Fsp3) is 0.222. The summed E-state index contributed by atoms with van der Waals surface area (Å²) in [5.41, 5.74) is 3.65. The first kappa shape index (κ1) is 12.8. The molecule has 1 atom stereocenters. The molecule has 0 fully saturated rings. The molecule has 88 valence electrons. The summed E-state index contributed by atoms with van der Waals surface area (Å²) in [5.74, 6) is -7.41. The van der Waals surface area contributed by atoms with Gasteiger partial charge in [0.2, 0.25) is 0 Å². The molecule has 0 heterocycles. The summed E-state index contributed by atoms with van der Waals surface area (Å²) >= 11 is 5.40. The number of carbonyl (C=O) groups is 1. The average molecular weight is 254 g/mol. The second-order valence-corrected chi connectivity index (χ2v) is 3.49. The molecule has 1 aromatic carbocycles. The summed E-state index contributed by atoms with van der Waals surface area (Å²) in [7, 11) is 0. The van der Waals surface area contributed by atoms with Crippen LogP contribution in [0.25, 0.3) is 0 Å². The van der Waals surface area contributed by atoms with Crippen LogP contribution in [0.15, 0.2) is 18.2 Å². The number of nitrogens with two attached hydrogens (primary N) is 1. The van der Waals surface area contributed by atoms with Crippen molar-refractivity contribution in [2.45, 2.75) is 12.0 Å². The zero-order chi connectivity index (χ0) is 12.5. The van der Waals surface area contributed by atoms with Gasteiger partial charge in [0.1, 0.15) is 5.82 Å². The molecule has 3 nitrogen and oxygen atoms in total. The van der Waals surface area contributed by atoms with Crippen molar-refractivity contribution in [1.82, 2.24) is 0 Å². The van der Waals surface area contributed by atoms with E-state index in [4.69, 9.17) is 16.7 Å². The first-order valence-electron chi connectivity index (χ1n) is 4.07. The lowest BCUT2D eigenvalue weighted by Gasteiger charge is -2.19. The minimum absolute atomic E-state index is 0.0177. The lowest BCUT2D eigenvalue weighted by atomic mass is 10.0. The summed E-state index contributed by atoms with van der Waals surface area (Å²) in [6.45, 7) is 0. The highest BCUT2D eigenvalue weighted by atomic mass is 35.5. The molecule has 0 radical (unpaired) electrons. The molecule has 1 aromatic rings. The van der Waals surface area contributed by atoms with Gasteiger partial charge in [0.05, 0.1) is 0 Å². The Morgan fingerprint density at radius 1 is 1.50 bits per heavy atom. The molecule has 0 aromatic heterocycles. The predicted octanol–water partition coefficient (Wildman–Crippen LogP) is 1.63. The van der Waals surface area contributed by atoms with Crippen molar-refractivity contribution in [3.05, 3.63) is 34.6 Å². The van der Waals surface area contributed by atoms with E-state index in [0.29, 0.717) is 0 Å². The van der Waals surface area contributed by atoms with Crippen molar-refractivity contribution >= 4 is 17.5 Å². The van der Waals surface area contributed by atoms with Crippen molar-refractivity contribution in [2.24, 2.45) is 5.73 Å². The van der Waals surface area contributed by atoms with Gasteiger partial charge in [-0.05, 0) is 12.1 Å². The van der Waals surface area contributed by atoms with E-state index in [2.05, 4.69) is 5.73 Å². The fourth-order valence-corrected chi connectivity index (χ4v) is 1.21. The zero-order valence-corrected chi connectivity index (χ0v) is 8.51. The van der Waals surface area contributed by atoms with Crippen molar-refractivity contribution in [1.29, 1.82) is 0 Å². The highest BCUT2D eigenvalue weighted by Gasteiger charge is 2.46. The van der Waals surface area contributed by atoms with E-state index in [1.807, 2.05) is 0 Å². The second-order valence-electron chi connectivity index (χ2n) is 3.06. The number of amides is 1. The molecule has 0 saturated heterocycles. The quantitative estimate of drug-likeness (QED) is 0.860. The minimum atomic E-state index is -4.24. The molecule has 7 heteroatoms. The largest absolute Gasteiger partial charge is 0.381 e. The Morgan fingerprint density at radius 2 is 2.06 bits per heavy atom. The van der Waals surface area contributed by atoms with E-state index in [9.17, 15) is 18.0 Å². The molecule has 1 rings (SSSR count). The van der Waals surface area contributed by atoms with Crippen molar-refractivity contribution in [2.75, 3.05) is 0 Å². The molecule has 0 aliphatic rings. The number of aliphatic hydroxyl groups excluding tert-OH is 1. The zero-order valence-electron chi connectivity index (χ0n) is 7.75. The maximum Gasteiger partial charge on any atom is 0.353 e. The van der Waals surface area contributed by atoms with E-state index in [1.54, 1.807) is 0 Å². The number of hydrogen-bond acceptors (Lipinski definition) is 2. The van der Waals surface area contributed by atoms with Crippen LogP contribution in [0.1, 0.15) is 11.7 Å². The Morgan fingerprint density at radius 3 is 2.50 bits per heavy atom. The van der Waals surface area contributed by atoms with Gasteiger partial charge in [-0.15, -0.1) is 0 Å². The van der Waals surface area contributed by atoms with Gasteiger partial charge in [0, 0.05) is 10.6 Å². The standard InChI is InChI=1S/C9H7ClF3NO2/c10-4-1-2-5(6(11)3-4)7(15)9(12,13)8(14)16/h1-3,7,15H,(H2,14,16). The van der Waals surface area contributed by atoms with Crippen LogP contribution >= 0.6 is 11.6 Å². The monoisotopic (exact) mass is 253 g/mol. The van der Waals surface area contributed by atoms with Crippen LogP contribution in [-0.2, 0) is 4.79 Å². The van der Waals surface area contributed by atoms with E-state index >= 15 is 0 Å². The summed E-state index contributed by atoms with van der Waals surface area (Å²) < 4.78 is 39.1. The summed E-state index contributed by atoms with van der Waals surface area (Å²) in [6.07, 6.45) is -2.64. The SMILES string of the molecule is NC(=O)C(F)(F)C(O)c1ccc(Cl)cc1F. The Balaban J connectivity index is 3.14. The van der Waals surface area contributed by atoms with E-state index in [-0.39, 0.29) is 5.02 Å². The van der Waals surface area contributed by atoms with Crippen molar-refractivity contribution in [3.63, 3.8) is 0 Å². The topological polar surface area (TPSA) is 63.3 Å². The second kappa shape index (κ2) is 4.31. The number of alkyl halides is 2. The molecule has 1 unspecified atom stereocenters. The maximum atomic E-state index is 13.2. The van der Waals surface area contributed by atoms with Crippen molar-refractivity contribution in [3.8, 4) is 0 Å². The first-order chi connectivity index (χ1) is 7.26. The van der Waals surface area contributed by atoms with E-state index in [0.717, 1.165) is 18.2 Å². The molecule has 1 amide bonds. The highest BCUT2D eigenvalue weighted by molar-refractivity contribution is 6.30. The van der Waals surface area contributed by atoms with Gasteiger partial charge >= 0.3 is 5.92 Å². The molecule has 0 aliphatic heterocycles. The number of halogens is 4. The average Bonchev–Trinajstić information content (AvgIpc) is 2.16. The molecule has 0 aliphatic carbocycles. The first-order valence-corrected chi connectivity index (χ1v) is 4.45. The molecule has 3 N–H and O–H groups in total. The number of primary amides is 1. The number of benzene rings is 1. The molecule has 0 bridgehead atoms. The molecule has 0 saturated carbocycles. The van der Waals surface area contributed by atoms with Crippen LogP contribution < -0.4 is 5.73 Å². The van der Waals surface area contributed by atoms with Crippen LogP contribution in [0.4, 0.5) is 13.2 Å². The van der Waals surface area contributed by atoms with E-state index < -0.39 is 29.3 Å². The van der Waals surface area contributed by atoms with E-state index in [1.165, 1.54) is 0 Å². The fourth-order valence-electron chi connectivity index (χ4n) is 1.05. The summed E-state index contributed by atoms with van der Waals surface area (Å²) in [4.78, 5) is 10.4. The molecular weight excluding hydrogens is 247 g/mol. The van der Waals surface area contributed by atoms with Crippen molar-refractivity contribution < 1.29 is 23.1 Å². The smallest absolute Gasteiger partial charge is 0.353 e. The van der Waals surface area contributed by atoms with Crippen LogP contribution in [0.5, 0.6) is 0 Å². The number of rotatable bonds is 3. The van der Waals surface area contributed by atoms with Gasteiger partial charge in [-0.2, -0.15) is 8.78 Å². The minimum Gasteiger partial charge on any atom is -0.381 e. The highest BCUT2D eigenvalue weighted by Crippen LogP contribution is 2.33. The van der Waals surface area contributed by atoms with Gasteiger partial charge in [-0.1, -0.05) is 17.7 Å². The van der Waals surface area contributed by atoms with Crippen LogP contribution in [-0.4, -0.2) is 16.9 Å². The normalized spacial score (nSPS) is 13.6. The maximum absolute atomic E-state index is 13.2. The molecular formula is C9H7ClF3NO2. The number of carbonyl (C=O) groups excluding carboxylic acids is 1. The molecule has 16 heavy (non-hydrogen) atoms. The summed E-state index contributed by atoms with van der Waals surface area (Å²) in [5, 5.41) is 9.14. The van der Waals surface area contributed by atoms with Gasteiger partial charge in [0.25, 0.3) is 5.91 Å². The summed E-state index contributed by atoms with van der Waals surface area (Å²) in [6, 6.07) is 2.72. The third kappa shape index (κ3) is 2.28. The van der Waals surface area contributed by atoms with Gasteiger partial charge in [-0.3, -0.25) is 4.79 Å². The Labute approximate surface area is 93.6 Å². The predicted molar refractivity (Wildman–Crippen MR) is 50.5 cm³/mol. The Bertz CT molecular complexity index is 425. The number of hydrogen-bond donors (Lipinski definition) is 2. The van der Waals surface area contributed by atoms with Gasteiger partial charge in [-0.25, -0.2) is 4.39 Å². The number of aliphatic hydroxyl groups is 1. The van der Waals surface area contributed by atoms with Crippen LogP contribution in [0.2, 0.25) is 5.02 Å². The lowest BCUT2D eigenvalue weighted by molar-refractivity contribution is -0.160. The van der Waals surface area contributed by atoms with Gasteiger partial charge in [0.15, 0.2) is 6.10 Å². The van der Waals surface area contributed by atoms with Gasteiger partial charge < -0.3 is 10.8 Å². The van der Waals surface area contributed by atoms with Crippen LogP contribution in [0.3, 0.4) is 0 Å².